The lowest BCUT2D eigenvalue weighted by molar-refractivity contribution is -0.162. The number of hydrogen-bond acceptors (Lipinski definition) is 3. The number of pyridine rings is 1. The smallest absolute Gasteiger partial charge is 0.249 e. The molecule has 1 aliphatic rings. The number of carbonyl (C=O) groups excluding carboxylic acids is 2. The van der Waals surface area contributed by atoms with Gasteiger partial charge in [-0.15, -0.1) is 0 Å². The molecule has 1 aromatic heterocycles. The largest absolute Gasteiger partial charge is 0.340 e. The molecule has 1 aromatic rings. The van der Waals surface area contributed by atoms with Gasteiger partial charge in [0.2, 0.25) is 11.8 Å². The second kappa shape index (κ2) is 5.47. The molecule has 2 rings (SSSR count). The Morgan fingerprint density at radius 3 is 2.38 bits per heavy atom. The average molecular weight is 289 g/mol. The maximum absolute atomic E-state index is 13.0. The number of rotatable bonds is 4. The maximum atomic E-state index is 13.0. The number of carbonyl (C=O) groups is 2. The van der Waals surface area contributed by atoms with Gasteiger partial charge in [0.05, 0.1) is 12.2 Å². The molecule has 0 bridgehead atoms. The van der Waals surface area contributed by atoms with E-state index in [1.165, 1.54) is 0 Å². The van der Waals surface area contributed by atoms with E-state index >= 15 is 0 Å². The molecule has 0 saturated carbocycles. The van der Waals surface area contributed by atoms with Gasteiger partial charge >= 0.3 is 0 Å². The monoisotopic (exact) mass is 289 g/mol. The normalized spacial score (nSPS) is 20.3. The first-order valence-electron chi connectivity index (χ1n) is 7.42. The van der Waals surface area contributed by atoms with Crippen molar-refractivity contribution in [2.45, 2.75) is 58.2 Å². The summed E-state index contributed by atoms with van der Waals surface area (Å²) in [7, 11) is 0. The van der Waals surface area contributed by atoms with Crippen LogP contribution in [0, 0.1) is 0 Å². The Hall–Kier alpha value is -1.91. The Bertz CT molecular complexity index is 536. The first-order valence-corrected chi connectivity index (χ1v) is 7.42. The van der Waals surface area contributed by atoms with E-state index in [2.05, 4.69) is 10.3 Å². The van der Waals surface area contributed by atoms with E-state index in [0.29, 0.717) is 19.4 Å². The van der Waals surface area contributed by atoms with E-state index in [9.17, 15) is 9.59 Å². The molecule has 1 saturated heterocycles. The number of nitrogens with zero attached hydrogens (tertiary/aromatic N) is 2. The second-order valence-corrected chi connectivity index (χ2v) is 6.01. The van der Waals surface area contributed by atoms with Crippen LogP contribution in [0.4, 0.5) is 0 Å². The van der Waals surface area contributed by atoms with Crippen molar-refractivity contribution in [3.8, 4) is 0 Å². The molecular formula is C16H23N3O2. The van der Waals surface area contributed by atoms with Crippen LogP contribution in [0.1, 0.15) is 46.2 Å². The number of hydrogen-bond donors (Lipinski definition) is 1. The molecule has 0 aromatic carbocycles. The summed E-state index contributed by atoms with van der Waals surface area (Å²) in [6, 6.07) is 5.59. The third kappa shape index (κ3) is 2.52. The minimum atomic E-state index is -0.873. The molecule has 1 aliphatic heterocycles. The average Bonchev–Trinajstić information content (AvgIpc) is 2.49. The van der Waals surface area contributed by atoms with Gasteiger partial charge in [-0.05, 0) is 38.8 Å². The summed E-state index contributed by atoms with van der Waals surface area (Å²) >= 11 is 0. The molecule has 2 heterocycles. The van der Waals surface area contributed by atoms with Crippen molar-refractivity contribution in [3.63, 3.8) is 0 Å². The van der Waals surface area contributed by atoms with Crippen LogP contribution in [0.25, 0.3) is 0 Å². The lowest BCUT2D eigenvalue weighted by Crippen LogP contribution is -2.73. The van der Waals surface area contributed by atoms with Gasteiger partial charge in [0.25, 0.3) is 0 Å². The van der Waals surface area contributed by atoms with E-state index in [0.717, 1.165) is 5.69 Å². The van der Waals surface area contributed by atoms with Crippen molar-refractivity contribution < 1.29 is 9.59 Å². The van der Waals surface area contributed by atoms with Crippen LogP contribution in [-0.2, 0) is 16.1 Å². The lowest BCUT2D eigenvalue weighted by atomic mass is 9.83. The molecule has 5 heteroatoms. The molecule has 21 heavy (non-hydrogen) atoms. The van der Waals surface area contributed by atoms with Gasteiger partial charge in [-0.25, -0.2) is 0 Å². The highest BCUT2D eigenvalue weighted by atomic mass is 16.2. The zero-order valence-corrected chi connectivity index (χ0v) is 13.1. The highest BCUT2D eigenvalue weighted by Crippen LogP contribution is 2.31. The van der Waals surface area contributed by atoms with E-state index in [1.807, 2.05) is 32.0 Å². The summed E-state index contributed by atoms with van der Waals surface area (Å²) < 4.78 is 0. The minimum absolute atomic E-state index is 0.0252. The second-order valence-electron chi connectivity index (χ2n) is 6.01. The summed E-state index contributed by atoms with van der Waals surface area (Å²) in [6.45, 7) is 7.76. The SMILES string of the molecule is CCC1(CC)NC(=O)C(C)(C)N(Cc2ccccn2)C1=O. The van der Waals surface area contributed by atoms with Gasteiger partial charge in [0, 0.05) is 6.20 Å². The van der Waals surface area contributed by atoms with Crippen molar-refractivity contribution in [1.82, 2.24) is 15.2 Å². The molecule has 1 fully saturated rings. The lowest BCUT2D eigenvalue weighted by Gasteiger charge is -2.49. The highest BCUT2D eigenvalue weighted by molar-refractivity contribution is 6.01. The minimum Gasteiger partial charge on any atom is -0.340 e. The predicted octanol–water partition coefficient (Wildman–Crippen LogP) is 1.88. The third-order valence-corrected chi connectivity index (χ3v) is 4.49. The number of nitrogens with one attached hydrogen (secondary N) is 1. The summed E-state index contributed by atoms with van der Waals surface area (Å²) in [6.07, 6.45) is 2.87. The van der Waals surface area contributed by atoms with Crippen LogP contribution in [0.3, 0.4) is 0 Å². The molecule has 0 radical (unpaired) electrons. The number of aromatic nitrogens is 1. The topological polar surface area (TPSA) is 62.3 Å². The Morgan fingerprint density at radius 2 is 1.86 bits per heavy atom. The molecule has 0 spiro atoms. The fraction of sp³-hybridized carbons (Fsp3) is 0.562. The van der Waals surface area contributed by atoms with Gasteiger partial charge in [0.1, 0.15) is 11.1 Å². The van der Waals surface area contributed by atoms with Gasteiger partial charge in [-0.2, -0.15) is 0 Å². The van der Waals surface area contributed by atoms with Crippen LogP contribution >= 0.6 is 0 Å². The Labute approximate surface area is 125 Å². The summed E-state index contributed by atoms with van der Waals surface area (Å²) in [4.78, 5) is 31.4. The molecule has 0 unspecified atom stereocenters. The zero-order chi connectivity index (χ0) is 15.7. The van der Waals surface area contributed by atoms with Gasteiger partial charge in [-0.3, -0.25) is 14.6 Å². The summed E-state index contributed by atoms with van der Waals surface area (Å²) in [5.74, 6) is -0.135. The molecule has 0 atom stereocenters. The van der Waals surface area contributed by atoms with Crippen molar-refractivity contribution in [2.75, 3.05) is 0 Å². The van der Waals surface area contributed by atoms with Crippen LogP contribution in [0.5, 0.6) is 0 Å². The van der Waals surface area contributed by atoms with Crippen LogP contribution in [0.15, 0.2) is 24.4 Å². The summed E-state index contributed by atoms with van der Waals surface area (Å²) in [5.41, 5.74) is -0.876. The number of piperazine rings is 1. The first-order chi connectivity index (χ1) is 9.87. The molecular weight excluding hydrogens is 266 g/mol. The van der Waals surface area contributed by atoms with E-state index < -0.39 is 11.1 Å². The molecule has 1 N–H and O–H groups in total. The van der Waals surface area contributed by atoms with Crippen molar-refractivity contribution in [3.05, 3.63) is 30.1 Å². The Kier molecular flexibility index (Phi) is 4.03. The van der Waals surface area contributed by atoms with Crippen LogP contribution in [0.2, 0.25) is 0 Å². The standard InChI is InChI=1S/C16H23N3O2/c1-5-16(6-2)14(21)19(15(3,4)13(20)18-16)11-12-9-7-8-10-17-12/h7-10H,5-6,11H2,1-4H3,(H,18,20). The molecule has 5 nitrogen and oxygen atoms in total. The Balaban J connectivity index is 2.39. The zero-order valence-electron chi connectivity index (χ0n) is 13.1. The van der Waals surface area contributed by atoms with Crippen LogP contribution < -0.4 is 5.32 Å². The predicted molar refractivity (Wildman–Crippen MR) is 80.3 cm³/mol. The van der Waals surface area contributed by atoms with Crippen molar-refractivity contribution in [1.29, 1.82) is 0 Å². The van der Waals surface area contributed by atoms with Crippen molar-refractivity contribution >= 4 is 11.8 Å². The molecule has 2 amide bonds. The van der Waals surface area contributed by atoms with Gasteiger partial charge < -0.3 is 10.2 Å². The van der Waals surface area contributed by atoms with Gasteiger partial charge in [0.15, 0.2) is 0 Å². The van der Waals surface area contributed by atoms with Gasteiger partial charge in [-0.1, -0.05) is 19.9 Å². The maximum Gasteiger partial charge on any atom is 0.249 e. The van der Waals surface area contributed by atoms with E-state index in [-0.39, 0.29) is 11.8 Å². The molecule has 114 valence electrons. The summed E-state index contributed by atoms with van der Waals surface area (Å²) in [5, 5.41) is 2.93. The van der Waals surface area contributed by atoms with E-state index in [1.54, 1.807) is 24.9 Å². The van der Waals surface area contributed by atoms with Crippen LogP contribution in [-0.4, -0.2) is 32.8 Å². The quantitative estimate of drug-likeness (QED) is 0.920. The fourth-order valence-corrected chi connectivity index (χ4v) is 2.71. The number of amides is 2. The molecule has 0 aliphatic carbocycles. The third-order valence-electron chi connectivity index (χ3n) is 4.49. The van der Waals surface area contributed by atoms with Crippen molar-refractivity contribution in [2.24, 2.45) is 0 Å². The van der Waals surface area contributed by atoms with E-state index in [4.69, 9.17) is 0 Å². The first kappa shape index (κ1) is 15.5. The Morgan fingerprint density at radius 1 is 1.19 bits per heavy atom. The fourth-order valence-electron chi connectivity index (χ4n) is 2.71. The highest BCUT2D eigenvalue weighted by Gasteiger charge is 2.52.